The number of nitrogens with two attached hydrogens (primary N) is 1. The summed E-state index contributed by atoms with van der Waals surface area (Å²) in [5.41, 5.74) is 6.14. The van der Waals surface area contributed by atoms with Crippen molar-refractivity contribution in [3.8, 4) is 23.0 Å². The van der Waals surface area contributed by atoms with Crippen LogP contribution in [0.3, 0.4) is 0 Å². The fourth-order valence-corrected chi connectivity index (χ4v) is 5.03. The molecule has 1 aliphatic carbocycles. The summed E-state index contributed by atoms with van der Waals surface area (Å²) >= 11 is 0. The van der Waals surface area contributed by atoms with Gasteiger partial charge in [0, 0.05) is 41.6 Å². The number of hydrogen-bond acceptors (Lipinski definition) is 7. The molecule has 4 aromatic rings. The number of ether oxygens (including phenoxy) is 3. The lowest BCUT2D eigenvalue weighted by atomic mass is 10.1. The van der Waals surface area contributed by atoms with E-state index in [9.17, 15) is 14.0 Å². The molecule has 1 saturated carbocycles. The maximum Gasteiger partial charge on any atom is 0.228 e. The number of fused-ring (bicyclic) bond motifs is 1. The van der Waals surface area contributed by atoms with E-state index in [0.29, 0.717) is 40.4 Å². The van der Waals surface area contributed by atoms with Crippen LogP contribution in [0.2, 0.25) is 0 Å². The average molecular weight is 577 g/mol. The van der Waals surface area contributed by atoms with Crippen LogP contribution in [0, 0.1) is 28.9 Å². The smallest absolute Gasteiger partial charge is 0.228 e. The Balaban J connectivity index is 1.29. The summed E-state index contributed by atoms with van der Waals surface area (Å²) in [5.74, 6) is -1.92. The van der Waals surface area contributed by atoms with E-state index >= 15 is 4.39 Å². The standard InChI is InChI=1S/C31H30F2N4O5/c1-31(2)27(29(38)36-18-6-4-17(32)5-7-18)28(31)30(39)37-19-8-9-24(21(33)14-19)42-23-10-12-35-22-16-25(40-3)26(15-20(22)23)41-13-11-34/h4-10,12,14-16,27-28H,11,13,34H2,1-3H3,(H,36,38)(H,37,39)/t27-,28+/m0/s1. The minimum absolute atomic E-state index is 0.0657. The monoisotopic (exact) mass is 576 g/mol. The van der Waals surface area contributed by atoms with Gasteiger partial charge in [0.15, 0.2) is 23.1 Å². The third-order valence-corrected chi connectivity index (χ3v) is 7.29. The molecule has 0 spiro atoms. The maximum atomic E-state index is 15.2. The first kappa shape index (κ1) is 28.7. The van der Waals surface area contributed by atoms with Gasteiger partial charge in [0.1, 0.15) is 18.2 Å². The highest BCUT2D eigenvalue weighted by molar-refractivity contribution is 6.04. The molecule has 9 nitrogen and oxygen atoms in total. The van der Waals surface area contributed by atoms with E-state index in [1.807, 2.05) is 13.8 Å². The molecule has 0 saturated heterocycles. The van der Waals surface area contributed by atoms with E-state index in [1.165, 1.54) is 49.7 Å². The molecule has 42 heavy (non-hydrogen) atoms. The second kappa shape index (κ2) is 11.6. The number of carbonyl (C=O) groups is 2. The minimum atomic E-state index is -0.702. The van der Waals surface area contributed by atoms with E-state index < -0.39 is 34.8 Å². The van der Waals surface area contributed by atoms with Crippen molar-refractivity contribution in [1.29, 1.82) is 0 Å². The van der Waals surface area contributed by atoms with Crippen molar-refractivity contribution >= 4 is 34.1 Å². The van der Waals surface area contributed by atoms with Gasteiger partial charge in [0.2, 0.25) is 11.8 Å². The summed E-state index contributed by atoms with van der Waals surface area (Å²) in [7, 11) is 1.51. The Morgan fingerprint density at radius 3 is 2.19 bits per heavy atom. The van der Waals surface area contributed by atoms with Gasteiger partial charge in [-0.1, -0.05) is 13.8 Å². The Morgan fingerprint density at radius 2 is 1.55 bits per heavy atom. The number of halogens is 2. The van der Waals surface area contributed by atoms with Gasteiger partial charge in [0.05, 0.1) is 24.5 Å². The normalized spacial score (nSPS) is 16.9. The number of methoxy groups -OCH3 is 1. The molecule has 0 radical (unpaired) electrons. The first-order chi connectivity index (χ1) is 20.1. The number of carbonyl (C=O) groups excluding carboxylic acids is 2. The molecule has 0 aliphatic heterocycles. The van der Waals surface area contributed by atoms with Crippen LogP contribution in [-0.2, 0) is 9.59 Å². The number of benzene rings is 3. The van der Waals surface area contributed by atoms with Gasteiger partial charge in [-0.15, -0.1) is 0 Å². The van der Waals surface area contributed by atoms with Gasteiger partial charge in [-0.05, 0) is 53.9 Å². The quantitative estimate of drug-likeness (QED) is 0.228. The molecule has 5 rings (SSSR count). The molecular formula is C31H30F2N4O5. The van der Waals surface area contributed by atoms with Gasteiger partial charge < -0.3 is 30.6 Å². The molecule has 1 aromatic heterocycles. The lowest BCUT2D eigenvalue weighted by Crippen LogP contribution is -2.20. The number of hydrogen-bond donors (Lipinski definition) is 3. The largest absolute Gasteiger partial charge is 0.493 e. The highest BCUT2D eigenvalue weighted by atomic mass is 19.1. The third kappa shape index (κ3) is 5.82. The zero-order valence-electron chi connectivity index (χ0n) is 23.2. The maximum absolute atomic E-state index is 15.2. The van der Waals surface area contributed by atoms with Crippen LogP contribution in [0.4, 0.5) is 20.2 Å². The fourth-order valence-electron chi connectivity index (χ4n) is 5.03. The molecule has 1 heterocycles. The second-order valence-corrected chi connectivity index (χ2v) is 10.5. The van der Waals surface area contributed by atoms with Gasteiger partial charge in [0.25, 0.3) is 0 Å². The summed E-state index contributed by atoms with van der Waals surface area (Å²) in [6.07, 6.45) is 1.53. The Hall–Kier alpha value is -4.77. The van der Waals surface area contributed by atoms with Crippen LogP contribution < -0.4 is 30.6 Å². The van der Waals surface area contributed by atoms with E-state index in [0.717, 1.165) is 6.07 Å². The van der Waals surface area contributed by atoms with Gasteiger partial charge in [-0.3, -0.25) is 14.6 Å². The van der Waals surface area contributed by atoms with Crippen molar-refractivity contribution in [2.75, 3.05) is 30.9 Å². The molecule has 11 heteroatoms. The zero-order valence-corrected chi connectivity index (χ0v) is 23.2. The molecule has 0 unspecified atom stereocenters. The predicted octanol–water partition coefficient (Wildman–Crippen LogP) is 5.50. The number of nitrogens with one attached hydrogen (secondary N) is 2. The van der Waals surface area contributed by atoms with Crippen molar-refractivity contribution in [3.05, 3.63) is 78.5 Å². The zero-order chi connectivity index (χ0) is 30.0. The van der Waals surface area contributed by atoms with Crippen LogP contribution in [0.15, 0.2) is 66.9 Å². The van der Waals surface area contributed by atoms with E-state index in [-0.39, 0.29) is 24.0 Å². The summed E-state index contributed by atoms with van der Waals surface area (Å²) in [5, 5.41) is 5.99. The molecule has 218 valence electrons. The highest BCUT2D eigenvalue weighted by Gasteiger charge is 2.65. The summed E-state index contributed by atoms with van der Waals surface area (Å²) < 4.78 is 45.3. The van der Waals surface area contributed by atoms with Gasteiger partial charge in [-0.25, -0.2) is 8.78 Å². The minimum Gasteiger partial charge on any atom is -0.493 e. The van der Waals surface area contributed by atoms with E-state index in [1.54, 1.807) is 18.2 Å². The van der Waals surface area contributed by atoms with Gasteiger partial charge in [-0.2, -0.15) is 0 Å². The Bertz CT molecular complexity index is 1640. The number of anilines is 2. The Labute approximate surface area is 241 Å². The molecule has 3 aromatic carbocycles. The predicted molar refractivity (Wildman–Crippen MR) is 154 cm³/mol. The summed E-state index contributed by atoms with van der Waals surface area (Å²) in [6.45, 7) is 4.21. The van der Waals surface area contributed by atoms with Crippen LogP contribution >= 0.6 is 0 Å². The van der Waals surface area contributed by atoms with E-state index in [4.69, 9.17) is 19.9 Å². The molecule has 4 N–H and O–H groups in total. The van der Waals surface area contributed by atoms with Crippen LogP contribution in [0.5, 0.6) is 23.0 Å². The van der Waals surface area contributed by atoms with Crippen molar-refractivity contribution < 1.29 is 32.6 Å². The van der Waals surface area contributed by atoms with Crippen LogP contribution in [-0.4, -0.2) is 37.1 Å². The van der Waals surface area contributed by atoms with Crippen molar-refractivity contribution in [2.24, 2.45) is 23.0 Å². The van der Waals surface area contributed by atoms with Crippen molar-refractivity contribution in [1.82, 2.24) is 4.98 Å². The summed E-state index contributed by atoms with van der Waals surface area (Å²) in [6, 6.07) is 14.4. The number of pyridine rings is 1. The fraction of sp³-hybridized carbons (Fsp3) is 0.258. The Kier molecular flexibility index (Phi) is 7.95. The van der Waals surface area contributed by atoms with Crippen LogP contribution in [0.1, 0.15) is 13.8 Å². The molecule has 1 fully saturated rings. The first-order valence-electron chi connectivity index (χ1n) is 13.3. The number of rotatable bonds is 10. The molecular weight excluding hydrogens is 546 g/mol. The topological polar surface area (TPSA) is 125 Å². The molecule has 1 aliphatic rings. The van der Waals surface area contributed by atoms with Crippen molar-refractivity contribution in [2.45, 2.75) is 13.8 Å². The Morgan fingerprint density at radius 1 is 0.881 bits per heavy atom. The number of amides is 2. The lowest BCUT2D eigenvalue weighted by Gasteiger charge is -2.14. The SMILES string of the molecule is COc1cc2nccc(Oc3ccc(NC(=O)[C@H]4[C@@H](C(=O)Nc5ccc(F)cc5)C4(C)C)cc3F)c2cc1OCCN. The second-order valence-electron chi connectivity index (χ2n) is 10.5. The third-order valence-electron chi connectivity index (χ3n) is 7.29. The average Bonchev–Trinajstić information content (AvgIpc) is 3.56. The number of nitrogens with zero attached hydrogens (tertiary/aromatic N) is 1. The van der Waals surface area contributed by atoms with Crippen LogP contribution in [0.25, 0.3) is 10.9 Å². The van der Waals surface area contributed by atoms with Crippen molar-refractivity contribution in [3.63, 3.8) is 0 Å². The molecule has 2 atom stereocenters. The first-order valence-corrected chi connectivity index (χ1v) is 13.3. The van der Waals surface area contributed by atoms with Gasteiger partial charge >= 0.3 is 0 Å². The lowest BCUT2D eigenvalue weighted by molar-refractivity contribution is -0.122. The number of aromatic nitrogens is 1. The highest BCUT2D eigenvalue weighted by Crippen LogP contribution is 2.59. The van der Waals surface area contributed by atoms with E-state index in [2.05, 4.69) is 15.6 Å². The summed E-state index contributed by atoms with van der Waals surface area (Å²) in [4.78, 5) is 30.2. The molecule has 2 amide bonds. The molecule has 0 bridgehead atoms.